The first-order valence-corrected chi connectivity index (χ1v) is 4.90. The second-order valence-electron chi connectivity index (χ2n) is 2.33. The molecule has 0 N–H and O–H groups in total. The third kappa shape index (κ3) is 2.32. The second kappa shape index (κ2) is 3.79. The molecule has 0 unspecified atom stereocenters. The lowest BCUT2D eigenvalue weighted by Crippen LogP contribution is -1.99. The average Bonchev–Trinajstić information content (AvgIpc) is 2.15. The van der Waals surface area contributed by atoms with Gasteiger partial charge in [-0.1, -0.05) is 3.89 Å². The van der Waals surface area contributed by atoms with Crippen molar-refractivity contribution in [3.63, 3.8) is 0 Å². The van der Waals surface area contributed by atoms with Gasteiger partial charge < -0.3 is 9.47 Å². The molecule has 0 aliphatic carbocycles. The highest BCUT2D eigenvalue weighted by atomic mass is 32.3. The standard InChI is InChI=1S/C7H8FNO4S/c1-12-5-3-6(13-2)9-7(4-5)14(8,10)11/h3-4H,1-2H3. The van der Waals surface area contributed by atoms with Crippen LogP contribution < -0.4 is 9.47 Å². The minimum absolute atomic E-state index is 0.0272. The molecule has 0 bridgehead atoms. The molecule has 0 saturated heterocycles. The SMILES string of the molecule is COc1cc(OC)nc(S(=O)(=O)F)c1. The van der Waals surface area contributed by atoms with Crippen LogP contribution in [0.2, 0.25) is 0 Å². The smallest absolute Gasteiger partial charge is 0.350 e. The zero-order valence-electron chi connectivity index (χ0n) is 7.52. The molecular weight excluding hydrogens is 213 g/mol. The number of hydrogen-bond donors (Lipinski definition) is 0. The molecule has 1 aromatic heterocycles. The van der Waals surface area contributed by atoms with Crippen molar-refractivity contribution in [3.8, 4) is 11.6 Å². The van der Waals surface area contributed by atoms with E-state index in [0.717, 1.165) is 6.07 Å². The molecule has 14 heavy (non-hydrogen) atoms. The van der Waals surface area contributed by atoms with Crippen molar-refractivity contribution in [3.05, 3.63) is 12.1 Å². The van der Waals surface area contributed by atoms with Crippen molar-refractivity contribution < 1.29 is 21.8 Å². The molecule has 78 valence electrons. The van der Waals surface area contributed by atoms with Crippen LogP contribution in [0.5, 0.6) is 11.6 Å². The average molecular weight is 221 g/mol. The summed E-state index contributed by atoms with van der Waals surface area (Å²) in [5, 5.41) is -0.728. The van der Waals surface area contributed by atoms with Crippen molar-refractivity contribution >= 4 is 10.2 Å². The second-order valence-corrected chi connectivity index (χ2v) is 3.62. The fourth-order valence-electron chi connectivity index (χ4n) is 0.806. The number of hydrogen-bond acceptors (Lipinski definition) is 5. The summed E-state index contributed by atoms with van der Waals surface area (Å²) in [5.41, 5.74) is 0. The third-order valence-corrected chi connectivity index (χ3v) is 2.16. The Morgan fingerprint density at radius 3 is 2.36 bits per heavy atom. The van der Waals surface area contributed by atoms with Crippen LogP contribution in [0, 0.1) is 0 Å². The molecule has 1 aromatic rings. The summed E-state index contributed by atoms with van der Waals surface area (Å²) in [7, 11) is -2.23. The Labute approximate surface area is 80.7 Å². The molecule has 0 aromatic carbocycles. The highest BCUT2D eigenvalue weighted by Crippen LogP contribution is 2.22. The van der Waals surface area contributed by atoms with Crippen molar-refractivity contribution in [2.75, 3.05) is 14.2 Å². The summed E-state index contributed by atoms with van der Waals surface area (Å²) in [6.45, 7) is 0. The maximum absolute atomic E-state index is 12.6. The number of nitrogens with zero attached hydrogens (tertiary/aromatic N) is 1. The summed E-state index contributed by atoms with van der Waals surface area (Å²) in [5.74, 6) is 0.133. The molecule has 1 rings (SSSR count). The van der Waals surface area contributed by atoms with Crippen molar-refractivity contribution in [1.29, 1.82) is 0 Å². The van der Waals surface area contributed by atoms with E-state index in [1.807, 2.05) is 0 Å². The monoisotopic (exact) mass is 221 g/mol. The van der Waals surface area contributed by atoms with E-state index < -0.39 is 15.2 Å². The van der Waals surface area contributed by atoms with Crippen LogP contribution in [-0.2, 0) is 10.2 Å². The van der Waals surface area contributed by atoms with Crippen molar-refractivity contribution in [2.45, 2.75) is 5.03 Å². The van der Waals surface area contributed by atoms with Gasteiger partial charge in [0.2, 0.25) is 5.88 Å². The molecule has 5 nitrogen and oxygen atoms in total. The van der Waals surface area contributed by atoms with E-state index in [9.17, 15) is 12.3 Å². The molecular formula is C7H8FNO4S. The van der Waals surface area contributed by atoms with Crippen LogP contribution in [0.3, 0.4) is 0 Å². The maximum Gasteiger partial charge on any atom is 0.350 e. The summed E-state index contributed by atoms with van der Waals surface area (Å²) in [4.78, 5) is 3.41. The van der Waals surface area contributed by atoms with E-state index in [-0.39, 0.29) is 11.6 Å². The van der Waals surface area contributed by atoms with Crippen LogP contribution in [0.1, 0.15) is 0 Å². The van der Waals surface area contributed by atoms with E-state index in [1.165, 1.54) is 20.3 Å². The van der Waals surface area contributed by atoms with Crippen molar-refractivity contribution in [1.82, 2.24) is 4.98 Å². The third-order valence-electron chi connectivity index (χ3n) is 1.45. The van der Waals surface area contributed by atoms with Crippen LogP contribution in [0.15, 0.2) is 17.2 Å². The van der Waals surface area contributed by atoms with Gasteiger partial charge in [0.1, 0.15) is 5.75 Å². The van der Waals surface area contributed by atoms with E-state index in [0.29, 0.717) is 0 Å². The molecule has 1 heterocycles. The fourth-order valence-corrected chi connectivity index (χ4v) is 1.26. The van der Waals surface area contributed by atoms with Gasteiger partial charge in [-0.2, -0.15) is 13.4 Å². The zero-order valence-corrected chi connectivity index (χ0v) is 8.34. The van der Waals surface area contributed by atoms with Gasteiger partial charge in [0.25, 0.3) is 0 Å². The predicted molar refractivity (Wildman–Crippen MR) is 45.6 cm³/mol. The minimum Gasteiger partial charge on any atom is -0.496 e. The lowest BCUT2D eigenvalue weighted by molar-refractivity contribution is 0.376. The lowest BCUT2D eigenvalue weighted by Gasteiger charge is -2.04. The molecule has 0 amide bonds. The zero-order chi connectivity index (χ0) is 10.8. The first-order chi connectivity index (χ1) is 6.47. The molecule has 0 atom stereocenters. The van der Waals surface area contributed by atoms with Crippen LogP contribution in [0.4, 0.5) is 3.89 Å². The Hall–Kier alpha value is -1.37. The molecule has 0 fully saturated rings. The number of rotatable bonds is 3. The normalized spacial score (nSPS) is 11.1. The minimum atomic E-state index is -4.84. The Morgan fingerprint density at radius 1 is 1.29 bits per heavy atom. The fraction of sp³-hybridized carbons (Fsp3) is 0.286. The first-order valence-electron chi connectivity index (χ1n) is 3.52. The summed E-state index contributed by atoms with van der Waals surface area (Å²) < 4.78 is 43.0. The van der Waals surface area contributed by atoms with Gasteiger partial charge in [0.05, 0.1) is 14.2 Å². The van der Waals surface area contributed by atoms with Gasteiger partial charge >= 0.3 is 10.2 Å². The predicted octanol–water partition coefficient (Wildman–Crippen LogP) is 0.757. The van der Waals surface area contributed by atoms with Crippen LogP contribution in [0.25, 0.3) is 0 Å². The van der Waals surface area contributed by atoms with Gasteiger partial charge in [0.15, 0.2) is 5.03 Å². The number of aromatic nitrogens is 1. The number of methoxy groups -OCH3 is 2. The summed E-state index contributed by atoms with van der Waals surface area (Å²) in [6, 6.07) is 2.31. The van der Waals surface area contributed by atoms with Crippen molar-refractivity contribution in [2.24, 2.45) is 0 Å². The maximum atomic E-state index is 12.6. The highest BCUT2D eigenvalue weighted by molar-refractivity contribution is 7.86. The molecule has 0 saturated carbocycles. The number of pyridine rings is 1. The molecule has 0 radical (unpaired) electrons. The quantitative estimate of drug-likeness (QED) is 0.705. The first kappa shape index (κ1) is 10.7. The molecule has 0 aliphatic heterocycles. The van der Waals surface area contributed by atoms with E-state index >= 15 is 0 Å². The van der Waals surface area contributed by atoms with Gasteiger partial charge in [-0.25, -0.2) is 0 Å². The van der Waals surface area contributed by atoms with Gasteiger partial charge in [-0.15, -0.1) is 0 Å². The Kier molecular flexibility index (Phi) is 2.90. The van der Waals surface area contributed by atoms with Gasteiger partial charge in [0, 0.05) is 12.1 Å². The van der Waals surface area contributed by atoms with E-state index in [2.05, 4.69) is 9.72 Å². The lowest BCUT2D eigenvalue weighted by atomic mass is 10.4. The molecule has 0 spiro atoms. The number of ether oxygens (including phenoxy) is 2. The van der Waals surface area contributed by atoms with E-state index in [1.54, 1.807) is 0 Å². The largest absolute Gasteiger partial charge is 0.496 e. The summed E-state index contributed by atoms with van der Waals surface area (Å²) >= 11 is 0. The van der Waals surface area contributed by atoms with Gasteiger partial charge in [-0.3, -0.25) is 0 Å². The van der Waals surface area contributed by atoms with Crippen LogP contribution in [-0.4, -0.2) is 27.6 Å². The molecule has 7 heteroatoms. The Balaban J connectivity index is 3.32. The summed E-state index contributed by atoms with van der Waals surface area (Å²) in [6.07, 6.45) is 0. The van der Waals surface area contributed by atoms with E-state index in [4.69, 9.17) is 4.74 Å². The topological polar surface area (TPSA) is 65.5 Å². The Morgan fingerprint density at radius 2 is 1.93 bits per heavy atom. The number of halogens is 1. The van der Waals surface area contributed by atoms with Crippen LogP contribution >= 0.6 is 0 Å². The highest BCUT2D eigenvalue weighted by Gasteiger charge is 2.16. The Bertz CT molecular complexity index is 409. The molecule has 0 aliphatic rings. The van der Waals surface area contributed by atoms with Gasteiger partial charge in [-0.05, 0) is 0 Å².